The summed E-state index contributed by atoms with van der Waals surface area (Å²) in [5, 5.41) is 7.63. The molecule has 0 unspecified atom stereocenters. The smallest absolute Gasteiger partial charge is 0.241 e. The standard InChI is InChI=1S/C17H21ClN4O2/c1-12(23)19-9-13-3-2-8-22(10-13)11-16-20-17(21-24-16)14-4-6-15(18)7-5-14/h4-7,13H,2-3,8-11H2,1H3,(H,19,23)/t13-/m0/s1. The van der Waals surface area contributed by atoms with Crippen molar-refractivity contribution in [3.8, 4) is 11.4 Å². The SMILES string of the molecule is CC(=O)NC[C@@H]1CCCN(Cc2nc(-c3ccc(Cl)cc3)no2)C1. The minimum atomic E-state index is 0.0247. The number of piperidine rings is 1. The Morgan fingerprint density at radius 1 is 1.42 bits per heavy atom. The maximum Gasteiger partial charge on any atom is 0.241 e. The number of benzene rings is 1. The molecule has 128 valence electrons. The summed E-state index contributed by atoms with van der Waals surface area (Å²) in [5.41, 5.74) is 0.886. The lowest BCUT2D eigenvalue weighted by Gasteiger charge is -2.31. The molecule has 1 atom stereocenters. The first-order valence-electron chi connectivity index (χ1n) is 8.15. The van der Waals surface area contributed by atoms with Gasteiger partial charge in [0.15, 0.2) is 0 Å². The molecule has 0 saturated carbocycles. The van der Waals surface area contributed by atoms with Crippen LogP contribution in [0.2, 0.25) is 5.02 Å². The molecule has 2 heterocycles. The molecule has 1 aromatic heterocycles. The van der Waals surface area contributed by atoms with Crippen molar-refractivity contribution in [2.45, 2.75) is 26.3 Å². The second-order valence-electron chi connectivity index (χ2n) is 6.20. The molecule has 2 aromatic rings. The van der Waals surface area contributed by atoms with Gasteiger partial charge in [0.1, 0.15) is 0 Å². The Balaban J connectivity index is 1.58. The first-order chi connectivity index (χ1) is 11.6. The summed E-state index contributed by atoms with van der Waals surface area (Å²) in [5.74, 6) is 1.69. The van der Waals surface area contributed by atoms with Crippen LogP contribution in [-0.2, 0) is 11.3 Å². The van der Waals surface area contributed by atoms with Crippen molar-refractivity contribution < 1.29 is 9.32 Å². The van der Waals surface area contributed by atoms with Crippen molar-refractivity contribution in [3.05, 3.63) is 35.2 Å². The lowest BCUT2D eigenvalue weighted by Crippen LogP contribution is -2.40. The number of amides is 1. The average Bonchev–Trinajstić information content (AvgIpc) is 3.02. The van der Waals surface area contributed by atoms with Crippen molar-refractivity contribution in [2.75, 3.05) is 19.6 Å². The highest BCUT2D eigenvalue weighted by molar-refractivity contribution is 6.30. The number of carbonyl (C=O) groups excluding carboxylic acids is 1. The maximum absolute atomic E-state index is 11.1. The number of hydrogen-bond acceptors (Lipinski definition) is 5. The summed E-state index contributed by atoms with van der Waals surface area (Å²) in [6, 6.07) is 7.37. The van der Waals surface area contributed by atoms with Gasteiger partial charge in [0, 0.05) is 30.6 Å². The van der Waals surface area contributed by atoms with E-state index in [1.54, 1.807) is 6.92 Å². The molecule has 1 amide bonds. The molecule has 1 fully saturated rings. The van der Waals surface area contributed by atoms with Crippen LogP contribution in [0.5, 0.6) is 0 Å². The molecule has 3 rings (SSSR count). The number of halogens is 1. The Kier molecular flexibility index (Phi) is 5.48. The van der Waals surface area contributed by atoms with Gasteiger partial charge in [0.05, 0.1) is 6.54 Å². The molecule has 1 aromatic carbocycles. The van der Waals surface area contributed by atoms with Gasteiger partial charge >= 0.3 is 0 Å². The van der Waals surface area contributed by atoms with Crippen LogP contribution in [0.25, 0.3) is 11.4 Å². The van der Waals surface area contributed by atoms with E-state index in [4.69, 9.17) is 16.1 Å². The molecule has 0 bridgehead atoms. The van der Waals surface area contributed by atoms with Gasteiger partial charge in [-0.15, -0.1) is 0 Å². The second-order valence-corrected chi connectivity index (χ2v) is 6.64. The van der Waals surface area contributed by atoms with Crippen LogP contribution in [0.1, 0.15) is 25.7 Å². The van der Waals surface area contributed by atoms with E-state index >= 15 is 0 Å². The van der Waals surface area contributed by atoms with Crippen molar-refractivity contribution in [1.82, 2.24) is 20.4 Å². The number of carbonyl (C=O) groups is 1. The zero-order valence-corrected chi connectivity index (χ0v) is 14.4. The van der Waals surface area contributed by atoms with E-state index < -0.39 is 0 Å². The molecule has 0 aliphatic carbocycles. The number of rotatable bonds is 5. The summed E-state index contributed by atoms with van der Waals surface area (Å²) in [7, 11) is 0. The first-order valence-corrected chi connectivity index (χ1v) is 8.53. The number of nitrogens with one attached hydrogen (secondary N) is 1. The third-order valence-corrected chi connectivity index (χ3v) is 4.42. The van der Waals surface area contributed by atoms with Crippen LogP contribution in [-0.4, -0.2) is 40.6 Å². The molecule has 6 nitrogen and oxygen atoms in total. The van der Waals surface area contributed by atoms with Gasteiger partial charge in [-0.2, -0.15) is 4.98 Å². The zero-order chi connectivity index (χ0) is 16.9. The predicted octanol–water partition coefficient (Wildman–Crippen LogP) is 2.74. The number of likely N-dealkylation sites (tertiary alicyclic amines) is 1. The molecule has 0 spiro atoms. The summed E-state index contributed by atoms with van der Waals surface area (Å²) < 4.78 is 5.38. The predicted molar refractivity (Wildman–Crippen MR) is 91.4 cm³/mol. The summed E-state index contributed by atoms with van der Waals surface area (Å²) >= 11 is 5.89. The molecule has 0 radical (unpaired) electrons. The molecule has 1 saturated heterocycles. The average molecular weight is 349 g/mol. The quantitative estimate of drug-likeness (QED) is 0.899. The summed E-state index contributed by atoms with van der Waals surface area (Å²) in [6.07, 6.45) is 2.25. The van der Waals surface area contributed by atoms with Gasteiger partial charge in [0.2, 0.25) is 17.6 Å². The fourth-order valence-electron chi connectivity index (χ4n) is 2.98. The third-order valence-electron chi connectivity index (χ3n) is 4.17. The number of aromatic nitrogens is 2. The van der Waals surface area contributed by atoms with E-state index in [1.165, 1.54) is 0 Å². The van der Waals surface area contributed by atoms with E-state index in [1.807, 2.05) is 24.3 Å². The minimum absolute atomic E-state index is 0.0247. The second kappa shape index (κ2) is 7.77. The molecule has 24 heavy (non-hydrogen) atoms. The summed E-state index contributed by atoms with van der Waals surface area (Å²) in [4.78, 5) is 17.8. The lowest BCUT2D eigenvalue weighted by molar-refractivity contribution is -0.119. The number of hydrogen-bond donors (Lipinski definition) is 1. The Morgan fingerprint density at radius 3 is 2.96 bits per heavy atom. The highest BCUT2D eigenvalue weighted by atomic mass is 35.5. The third kappa shape index (κ3) is 4.55. The Bertz CT molecular complexity index is 686. The molecular weight excluding hydrogens is 328 g/mol. The summed E-state index contributed by atoms with van der Waals surface area (Å²) in [6.45, 7) is 4.86. The van der Waals surface area contributed by atoms with Gasteiger partial charge in [-0.25, -0.2) is 0 Å². The van der Waals surface area contributed by atoms with Gasteiger partial charge < -0.3 is 9.84 Å². The largest absolute Gasteiger partial charge is 0.356 e. The van der Waals surface area contributed by atoms with Crippen LogP contribution < -0.4 is 5.32 Å². The van der Waals surface area contributed by atoms with Crippen LogP contribution in [0, 0.1) is 5.92 Å². The monoisotopic (exact) mass is 348 g/mol. The molecular formula is C17H21ClN4O2. The van der Waals surface area contributed by atoms with Crippen molar-refractivity contribution >= 4 is 17.5 Å². The van der Waals surface area contributed by atoms with Crippen molar-refractivity contribution in [3.63, 3.8) is 0 Å². The molecule has 1 aliphatic heterocycles. The van der Waals surface area contributed by atoms with Gasteiger partial charge in [-0.1, -0.05) is 16.8 Å². The van der Waals surface area contributed by atoms with E-state index in [0.717, 1.165) is 38.0 Å². The van der Waals surface area contributed by atoms with Crippen molar-refractivity contribution in [1.29, 1.82) is 0 Å². The fraction of sp³-hybridized carbons (Fsp3) is 0.471. The Labute approximate surface area is 146 Å². The molecule has 1 aliphatic rings. The van der Waals surface area contributed by atoms with E-state index in [2.05, 4.69) is 20.4 Å². The van der Waals surface area contributed by atoms with E-state index in [0.29, 0.717) is 29.2 Å². The van der Waals surface area contributed by atoms with Crippen LogP contribution in [0.3, 0.4) is 0 Å². The maximum atomic E-state index is 11.1. The number of nitrogens with zero attached hydrogens (tertiary/aromatic N) is 3. The van der Waals surface area contributed by atoms with Gasteiger partial charge in [0.25, 0.3) is 0 Å². The lowest BCUT2D eigenvalue weighted by atomic mass is 9.98. The van der Waals surface area contributed by atoms with Crippen LogP contribution >= 0.6 is 11.6 Å². The van der Waals surface area contributed by atoms with Crippen LogP contribution in [0.4, 0.5) is 0 Å². The van der Waals surface area contributed by atoms with Gasteiger partial charge in [-0.05, 0) is 49.6 Å². The topological polar surface area (TPSA) is 71.3 Å². The normalized spacial score (nSPS) is 18.5. The van der Waals surface area contributed by atoms with Crippen LogP contribution in [0.15, 0.2) is 28.8 Å². The van der Waals surface area contributed by atoms with Crippen molar-refractivity contribution in [2.24, 2.45) is 5.92 Å². The Morgan fingerprint density at radius 2 is 2.21 bits per heavy atom. The van der Waals surface area contributed by atoms with E-state index in [-0.39, 0.29) is 5.91 Å². The molecule has 1 N–H and O–H groups in total. The fourth-order valence-corrected chi connectivity index (χ4v) is 3.10. The first kappa shape index (κ1) is 16.9. The Hall–Kier alpha value is -1.92. The van der Waals surface area contributed by atoms with Gasteiger partial charge in [-0.3, -0.25) is 9.69 Å². The zero-order valence-electron chi connectivity index (χ0n) is 13.7. The minimum Gasteiger partial charge on any atom is -0.356 e. The highest BCUT2D eigenvalue weighted by Crippen LogP contribution is 2.21. The molecule has 7 heteroatoms. The van der Waals surface area contributed by atoms with E-state index in [9.17, 15) is 4.79 Å². The highest BCUT2D eigenvalue weighted by Gasteiger charge is 2.22.